The van der Waals surface area contributed by atoms with Crippen LogP contribution in [0.5, 0.6) is 0 Å². The van der Waals surface area contributed by atoms with Crippen LogP contribution in [0.3, 0.4) is 0 Å². The lowest BCUT2D eigenvalue weighted by atomic mass is 10.1. The molecule has 1 rings (SSSR count). The molecule has 4 heteroatoms. The molecule has 0 unspecified atom stereocenters. The SMILES string of the molecule is O=C(O)CCCNC1CCNCC1. The third-order valence-corrected chi connectivity index (χ3v) is 2.34. The quantitative estimate of drug-likeness (QED) is 0.536. The number of piperidine rings is 1. The molecular weight excluding hydrogens is 168 g/mol. The Hall–Kier alpha value is -0.610. The van der Waals surface area contributed by atoms with Crippen molar-refractivity contribution in [2.24, 2.45) is 0 Å². The van der Waals surface area contributed by atoms with E-state index in [1.54, 1.807) is 0 Å². The number of carboxylic acid groups (broad SMARTS) is 1. The predicted molar refractivity (Wildman–Crippen MR) is 50.8 cm³/mol. The summed E-state index contributed by atoms with van der Waals surface area (Å²) in [5.74, 6) is -0.702. The molecular formula is C9H18N2O2. The van der Waals surface area contributed by atoms with Gasteiger partial charge in [0.1, 0.15) is 0 Å². The van der Waals surface area contributed by atoms with Gasteiger partial charge in [0.25, 0.3) is 0 Å². The minimum absolute atomic E-state index is 0.276. The maximum Gasteiger partial charge on any atom is 0.303 e. The second-order valence-electron chi connectivity index (χ2n) is 3.48. The third kappa shape index (κ3) is 4.85. The summed E-state index contributed by atoms with van der Waals surface area (Å²) < 4.78 is 0. The number of carbonyl (C=O) groups is 1. The number of hydrogen-bond acceptors (Lipinski definition) is 3. The summed E-state index contributed by atoms with van der Waals surface area (Å²) in [6.45, 7) is 2.99. The Labute approximate surface area is 78.7 Å². The van der Waals surface area contributed by atoms with E-state index in [4.69, 9.17) is 5.11 Å². The fraction of sp³-hybridized carbons (Fsp3) is 0.889. The highest BCUT2D eigenvalue weighted by Gasteiger charge is 2.11. The molecule has 1 heterocycles. The first-order valence-electron chi connectivity index (χ1n) is 4.95. The first kappa shape index (κ1) is 10.5. The van der Waals surface area contributed by atoms with E-state index in [0.29, 0.717) is 6.04 Å². The molecule has 13 heavy (non-hydrogen) atoms. The van der Waals surface area contributed by atoms with Gasteiger partial charge in [-0.3, -0.25) is 4.79 Å². The van der Waals surface area contributed by atoms with Crippen LogP contribution in [0.1, 0.15) is 25.7 Å². The second kappa shape index (κ2) is 5.94. The molecule has 1 aliphatic rings. The van der Waals surface area contributed by atoms with Crippen molar-refractivity contribution >= 4 is 5.97 Å². The van der Waals surface area contributed by atoms with Crippen molar-refractivity contribution in [2.75, 3.05) is 19.6 Å². The van der Waals surface area contributed by atoms with E-state index in [-0.39, 0.29) is 6.42 Å². The molecule has 0 bridgehead atoms. The summed E-state index contributed by atoms with van der Waals surface area (Å²) in [4.78, 5) is 10.2. The average molecular weight is 186 g/mol. The monoisotopic (exact) mass is 186 g/mol. The first-order chi connectivity index (χ1) is 6.29. The molecule has 1 saturated heterocycles. The van der Waals surface area contributed by atoms with Gasteiger partial charge < -0.3 is 15.7 Å². The van der Waals surface area contributed by atoms with Crippen molar-refractivity contribution in [2.45, 2.75) is 31.7 Å². The van der Waals surface area contributed by atoms with Crippen LogP contribution in [0.2, 0.25) is 0 Å². The second-order valence-corrected chi connectivity index (χ2v) is 3.48. The van der Waals surface area contributed by atoms with Gasteiger partial charge in [0.15, 0.2) is 0 Å². The van der Waals surface area contributed by atoms with Gasteiger partial charge in [-0.15, -0.1) is 0 Å². The third-order valence-electron chi connectivity index (χ3n) is 2.34. The minimum Gasteiger partial charge on any atom is -0.481 e. The molecule has 0 aromatic heterocycles. The lowest BCUT2D eigenvalue weighted by Gasteiger charge is -2.23. The zero-order chi connectivity index (χ0) is 9.52. The van der Waals surface area contributed by atoms with Crippen molar-refractivity contribution in [3.05, 3.63) is 0 Å². The highest BCUT2D eigenvalue weighted by molar-refractivity contribution is 5.66. The number of carboxylic acids is 1. The van der Waals surface area contributed by atoms with Gasteiger partial charge in [0, 0.05) is 12.5 Å². The van der Waals surface area contributed by atoms with E-state index in [2.05, 4.69) is 10.6 Å². The highest BCUT2D eigenvalue weighted by Crippen LogP contribution is 2.01. The maximum absolute atomic E-state index is 10.2. The van der Waals surface area contributed by atoms with Crippen LogP contribution in [-0.4, -0.2) is 36.8 Å². The first-order valence-corrected chi connectivity index (χ1v) is 4.95. The van der Waals surface area contributed by atoms with Crippen LogP contribution >= 0.6 is 0 Å². The number of aliphatic carboxylic acids is 1. The van der Waals surface area contributed by atoms with Crippen LogP contribution in [0.25, 0.3) is 0 Å². The number of hydrogen-bond donors (Lipinski definition) is 3. The molecule has 76 valence electrons. The molecule has 0 radical (unpaired) electrons. The molecule has 0 amide bonds. The molecule has 0 atom stereocenters. The number of rotatable bonds is 5. The lowest BCUT2D eigenvalue weighted by Crippen LogP contribution is -2.40. The largest absolute Gasteiger partial charge is 0.481 e. The van der Waals surface area contributed by atoms with E-state index < -0.39 is 5.97 Å². The Kier molecular flexibility index (Phi) is 4.78. The van der Waals surface area contributed by atoms with Crippen LogP contribution in [0.4, 0.5) is 0 Å². The molecule has 1 fully saturated rings. The summed E-state index contributed by atoms with van der Waals surface area (Å²) in [6.07, 6.45) is 3.33. The van der Waals surface area contributed by atoms with E-state index in [1.165, 1.54) is 0 Å². The Balaban J connectivity index is 1.95. The zero-order valence-corrected chi connectivity index (χ0v) is 7.88. The van der Waals surface area contributed by atoms with Gasteiger partial charge >= 0.3 is 5.97 Å². The van der Waals surface area contributed by atoms with Crippen molar-refractivity contribution in [3.63, 3.8) is 0 Å². The normalized spacial score (nSPS) is 18.8. The zero-order valence-electron chi connectivity index (χ0n) is 7.88. The summed E-state index contributed by atoms with van der Waals surface area (Å²) in [5, 5.41) is 15.1. The minimum atomic E-state index is -0.702. The van der Waals surface area contributed by atoms with E-state index >= 15 is 0 Å². The molecule has 0 aromatic carbocycles. The van der Waals surface area contributed by atoms with Gasteiger partial charge in [-0.25, -0.2) is 0 Å². The van der Waals surface area contributed by atoms with Gasteiger partial charge in [-0.2, -0.15) is 0 Å². The molecule has 0 spiro atoms. The van der Waals surface area contributed by atoms with E-state index in [1.807, 2.05) is 0 Å². The Morgan fingerprint density at radius 2 is 2.15 bits per heavy atom. The Morgan fingerprint density at radius 3 is 2.77 bits per heavy atom. The lowest BCUT2D eigenvalue weighted by molar-refractivity contribution is -0.137. The summed E-state index contributed by atoms with van der Waals surface area (Å²) in [5.41, 5.74) is 0. The molecule has 0 aromatic rings. The van der Waals surface area contributed by atoms with Crippen LogP contribution in [0.15, 0.2) is 0 Å². The average Bonchev–Trinajstić information content (AvgIpc) is 2.14. The van der Waals surface area contributed by atoms with Gasteiger partial charge in [0.2, 0.25) is 0 Å². The van der Waals surface area contributed by atoms with Crippen molar-refractivity contribution in [1.82, 2.24) is 10.6 Å². The standard InChI is InChI=1S/C9H18N2O2/c12-9(13)2-1-5-11-8-3-6-10-7-4-8/h8,10-11H,1-7H2,(H,12,13). The van der Waals surface area contributed by atoms with Crippen molar-refractivity contribution in [3.8, 4) is 0 Å². The summed E-state index contributed by atoms with van der Waals surface area (Å²) >= 11 is 0. The summed E-state index contributed by atoms with van der Waals surface area (Å²) in [7, 11) is 0. The molecule has 4 nitrogen and oxygen atoms in total. The van der Waals surface area contributed by atoms with Crippen LogP contribution in [0, 0.1) is 0 Å². The smallest absolute Gasteiger partial charge is 0.303 e. The highest BCUT2D eigenvalue weighted by atomic mass is 16.4. The van der Waals surface area contributed by atoms with Gasteiger partial charge in [0.05, 0.1) is 0 Å². The van der Waals surface area contributed by atoms with E-state index in [0.717, 1.165) is 38.9 Å². The van der Waals surface area contributed by atoms with Crippen LogP contribution < -0.4 is 10.6 Å². The molecule has 3 N–H and O–H groups in total. The van der Waals surface area contributed by atoms with Gasteiger partial charge in [-0.05, 0) is 38.9 Å². The molecule has 1 aliphatic heterocycles. The topological polar surface area (TPSA) is 61.4 Å². The van der Waals surface area contributed by atoms with E-state index in [9.17, 15) is 4.79 Å². The Morgan fingerprint density at radius 1 is 1.46 bits per heavy atom. The summed E-state index contributed by atoms with van der Waals surface area (Å²) in [6, 6.07) is 0.593. The molecule has 0 aliphatic carbocycles. The van der Waals surface area contributed by atoms with Gasteiger partial charge in [-0.1, -0.05) is 0 Å². The molecule has 0 saturated carbocycles. The Bertz CT molecular complexity index is 156. The maximum atomic E-state index is 10.2. The predicted octanol–water partition coefficient (Wildman–Crippen LogP) is 0.193. The van der Waals surface area contributed by atoms with Crippen molar-refractivity contribution in [1.29, 1.82) is 0 Å². The number of nitrogens with one attached hydrogen (secondary N) is 2. The fourth-order valence-electron chi connectivity index (χ4n) is 1.57. The van der Waals surface area contributed by atoms with Crippen LogP contribution in [-0.2, 0) is 4.79 Å². The van der Waals surface area contributed by atoms with Crippen molar-refractivity contribution < 1.29 is 9.90 Å². The fourth-order valence-corrected chi connectivity index (χ4v) is 1.57.